The van der Waals surface area contributed by atoms with E-state index in [-0.39, 0.29) is 6.61 Å². The van der Waals surface area contributed by atoms with E-state index >= 15 is 0 Å². The van der Waals surface area contributed by atoms with Gasteiger partial charge in [-0.25, -0.2) is 9.97 Å². The van der Waals surface area contributed by atoms with E-state index in [1.165, 1.54) is 13.0 Å². The lowest BCUT2D eigenvalue weighted by atomic mass is 10.1. The van der Waals surface area contributed by atoms with Crippen LogP contribution in [0.5, 0.6) is 0 Å². The summed E-state index contributed by atoms with van der Waals surface area (Å²) in [6.07, 6.45) is 2.80. The minimum atomic E-state index is 0.123. The van der Waals surface area contributed by atoms with Crippen LogP contribution in [-0.4, -0.2) is 66.9 Å². The van der Waals surface area contributed by atoms with E-state index in [0.29, 0.717) is 12.5 Å². The van der Waals surface area contributed by atoms with Crippen LogP contribution < -0.4 is 10.2 Å². The van der Waals surface area contributed by atoms with Gasteiger partial charge in [-0.2, -0.15) is 0 Å². The van der Waals surface area contributed by atoms with E-state index < -0.39 is 0 Å². The Morgan fingerprint density at radius 3 is 3.05 bits per heavy atom. The van der Waals surface area contributed by atoms with Crippen molar-refractivity contribution < 1.29 is 5.11 Å². The van der Waals surface area contributed by atoms with Gasteiger partial charge in [0.2, 0.25) is 0 Å². The third kappa shape index (κ3) is 4.04. The summed E-state index contributed by atoms with van der Waals surface area (Å²) in [5.74, 6) is 2.37. The van der Waals surface area contributed by atoms with E-state index in [9.17, 15) is 0 Å². The van der Waals surface area contributed by atoms with Crippen LogP contribution in [0.2, 0.25) is 0 Å². The number of likely N-dealkylation sites (tertiary alicyclic amines) is 1. The molecule has 0 radical (unpaired) electrons. The predicted molar refractivity (Wildman–Crippen MR) is 76.5 cm³/mol. The zero-order valence-electron chi connectivity index (χ0n) is 11.7. The Bertz CT molecular complexity index is 400. The number of aliphatic hydroxyl groups excluding tert-OH is 1. The van der Waals surface area contributed by atoms with Crippen LogP contribution in [0.1, 0.15) is 6.42 Å². The Morgan fingerprint density at radius 1 is 1.53 bits per heavy atom. The average molecular weight is 265 g/mol. The van der Waals surface area contributed by atoms with E-state index in [2.05, 4.69) is 27.2 Å². The summed E-state index contributed by atoms with van der Waals surface area (Å²) in [4.78, 5) is 12.7. The van der Waals surface area contributed by atoms with Gasteiger partial charge in [-0.1, -0.05) is 0 Å². The highest BCUT2D eigenvalue weighted by Gasteiger charge is 2.19. The fourth-order valence-electron chi connectivity index (χ4n) is 2.36. The van der Waals surface area contributed by atoms with Gasteiger partial charge in [0.15, 0.2) is 0 Å². The van der Waals surface area contributed by atoms with Crippen molar-refractivity contribution in [2.45, 2.75) is 6.42 Å². The summed E-state index contributed by atoms with van der Waals surface area (Å²) >= 11 is 0. The second kappa shape index (κ2) is 6.68. The summed E-state index contributed by atoms with van der Waals surface area (Å²) in [6.45, 7) is 3.97. The van der Waals surface area contributed by atoms with E-state index in [1.807, 2.05) is 18.0 Å². The molecule has 6 nitrogen and oxygen atoms in total. The molecule has 0 amide bonds. The van der Waals surface area contributed by atoms with Crippen LogP contribution in [-0.2, 0) is 0 Å². The molecule has 2 heterocycles. The lowest BCUT2D eigenvalue weighted by molar-refractivity contribution is 0.304. The topological polar surface area (TPSA) is 64.5 Å². The first kappa shape index (κ1) is 14.0. The molecule has 1 unspecified atom stereocenters. The number of likely N-dealkylation sites (N-methyl/N-ethyl adjacent to an activating group) is 1. The predicted octanol–water partition coefficient (Wildman–Crippen LogP) is 0.269. The highest BCUT2D eigenvalue weighted by Crippen LogP contribution is 2.16. The molecule has 19 heavy (non-hydrogen) atoms. The molecule has 0 aliphatic carbocycles. The maximum atomic E-state index is 8.93. The number of nitrogens with one attached hydrogen (secondary N) is 1. The van der Waals surface area contributed by atoms with Gasteiger partial charge in [0.05, 0.1) is 6.61 Å². The molecule has 106 valence electrons. The quantitative estimate of drug-likeness (QED) is 0.770. The highest BCUT2D eigenvalue weighted by molar-refractivity contribution is 5.47. The van der Waals surface area contributed by atoms with Gasteiger partial charge < -0.3 is 20.2 Å². The highest BCUT2D eigenvalue weighted by atomic mass is 16.3. The number of nitrogens with zero attached hydrogens (tertiary/aromatic N) is 4. The number of hydrogen-bond acceptors (Lipinski definition) is 6. The molecule has 0 bridgehead atoms. The first-order valence-electron chi connectivity index (χ1n) is 6.75. The van der Waals surface area contributed by atoms with Crippen LogP contribution in [0.15, 0.2) is 12.4 Å². The van der Waals surface area contributed by atoms with Crippen molar-refractivity contribution in [2.75, 3.05) is 57.1 Å². The summed E-state index contributed by atoms with van der Waals surface area (Å²) in [6, 6.07) is 1.92. The molecule has 1 aliphatic rings. The molecule has 0 aromatic carbocycles. The molecule has 0 spiro atoms. The molecule has 1 saturated heterocycles. The van der Waals surface area contributed by atoms with Gasteiger partial charge in [-0.05, 0) is 25.9 Å². The summed E-state index contributed by atoms with van der Waals surface area (Å²) in [5.41, 5.74) is 0. The first-order valence-corrected chi connectivity index (χ1v) is 6.75. The van der Waals surface area contributed by atoms with E-state index in [4.69, 9.17) is 5.11 Å². The van der Waals surface area contributed by atoms with E-state index in [1.54, 1.807) is 6.33 Å². The van der Waals surface area contributed by atoms with Crippen molar-refractivity contribution in [3.05, 3.63) is 12.4 Å². The Labute approximate surface area is 114 Å². The number of hydrogen-bond donors (Lipinski definition) is 2. The lowest BCUT2D eigenvalue weighted by Gasteiger charge is -2.17. The van der Waals surface area contributed by atoms with Gasteiger partial charge in [-0.3, -0.25) is 0 Å². The smallest absolute Gasteiger partial charge is 0.133 e. The van der Waals surface area contributed by atoms with Gasteiger partial charge in [0.1, 0.15) is 18.0 Å². The number of aromatic nitrogens is 2. The maximum Gasteiger partial charge on any atom is 0.133 e. The fraction of sp³-hybridized carbons (Fsp3) is 0.692. The number of anilines is 2. The van der Waals surface area contributed by atoms with Gasteiger partial charge in [0.25, 0.3) is 0 Å². The van der Waals surface area contributed by atoms with Crippen molar-refractivity contribution in [1.29, 1.82) is 0 Å². The molecular formula is C13H23N5O. The van der Waals surface area contributed by atoms with Crippen molar-refractivity contribution in [1.82, 2.24) is 14.9 Å². The summed E-state index contributed by atoms with van der Waals surface area (Å²) in [7, 11) is 4.07. The summed E-state index contributed by atoms with van der Waals surface area (Å²) in [5, 5.41) is 12.3. The molecule has 1 atom stereocenters. The Hall–Kier alpha value is -1.40. The van der Waals surface area contributed by atoms with Crippen molar-refractivity contribution in [3.63, 3.8) is 0 Å². The Balaban J connectivity index is 1.88. The third-order valence-electron chi connectivity index (χ3n) is 3.54. The second-order valence-corrected chi connectivity index (χ2v) is 5.20. The minimum absolute atomic E-state index is 0.123. The van der Waals surface area contributed by atoms with Crippen molar-refractivity contribution in [3.8, 4) is 0 Å². The number of rotatable bonds is 6. The zero-order valence-corrected chi connectivity index (χ0v) is 11.7. The van der Waals surface area contributed by atoms with Crippen LogP contribution in [0.3, 0.4) is 0 Å². The third-order valence-corrected chi connectivity index (χ3v) is 3.54. The molecular weight excluding hydrogens is 242 g/mol. The van der Waals surface area contributed by atoms with Gasteiger partial charge in [-0.15, -0.1) is 0 Å². The first-order chi connectivity index (χ1) is 9.19. The van der Waals surface area contributed by atoms with Crippen LogP contribution in [0.25, 0.3) is 0 Å². The average Bonchev–Trinajstić information content (AvgIpc) is 2.83. The molecule has 0 saturated carbocycles. The standard InChI is InChI=1S/C13H23N5O/c1-17-4-3-11(9-17)8-14-12-7-13(16-10-15-12)18(2)5-6-19/h7,10-11,19H,3-6,8-9H2,1-2H3,(H,14,15,16). The van der Waals surface area contributed by atoms with Crippen LogP contribution >= 0.6 is 0 Å². The fourth-order valence-corrected chi connectivity index (χ4v) is 2.36. The van der Waals surface area contributed by atoms with Gasteiger partial charge >= 0.3 is 0 Å². The zero-order chi connectivity index (χ0) is 13.7. The van der Waals surface area contributed by atoms with Crippen molar-refractivity contribution >= 4 is 11.6 Å². The molecule has 1 aromatic rings. The molecule has 2 rings (SSSR count). The van der Waals surface area contributed by atoms with Crippen LogP contribution in [0, 0.1) is 5.92 Å². The SMILES string of the molecule is CN1CCC(CNc2cc(N(C)CCO)ncn2)C1. The number of aliphatic hydroxyl groups is 1. The molecule has 6 heteroatoms. The monoisotopic (exact) mass is 265 g/mol. The van der Waals surface area contributed by atoms with Crippen LogP contribution in [0.4, 0.5) is 11.6 Å². The molecule has 1 aliphatic heterocycles. The van der Waals surface area contributed by atoms with E-state index in [0.717, 1.165) is 24.7 Å². The van der Waals surface area contributed by atoms with Gasteiger partial charge in [0, 0.05) is 32.7 Å². The summed E-state index contributed by atoms with van der Waals surface area (Å²) < 4.78 is 0. The maximum absolute atomic E-state index is 8.93. The Morgan fingerprint density at radius 2 is 2.37 bits per heavy atom. The largest absolute Gasteiger partial charge is 0.395 e. The molecule has 1 aromatic heterocycles. The molecule has 2 N–H and O–H groups in total. The lowest BCUT2D eigenvalue weighted by Crippen LogP contribution is -2.23. The minimum Gasteiger partial charge on any atom is -0.395 e. The normalized spacial score (nSPS) is 19.6. The molecule has 1 fully saturated rings. The second-order valence-electron chi connectivity index (χ2n) is 5.20. The van der Waals surface area contributed by atoms with Crippen molar-refractivity contribution in [2.24, 2.45) is 5.92 Å². The Kier molecular flexibility index (Phi) is 4.93.